The third kappa shape index (κ3) is 12.3. The van der Waals surface area contributed by atoms with Crippen LogP contribution in [0.5, 0.6) is 46.0 Å². The average Bonchev–Trinajstić information content (AvgIpc) is 1.66. The number of fused-ring (bicyclic) bond motifs is 2. The molecular formula is C78H78N4O15. The number of imide groups is 2. The summed E-state index contributed by atoms with van der Waals surface area (Å²) in [7, 11) is 0. The highest BCUT2D eigenvalue weighted by Crippen LogP contribution is 2.58. The minimum Gasteiger partial charge on any atom is -0.457 e. The van der Waals surface area contributed by atoms with Gasteiger partial charge in [0.1, 0.15) is 58.1 Å². The first kappa shape index (κ1) is 64.8. The van der Waals surface area contributed by atoms with Gasteiger partial charge in [-0.2, -0.15) is 0 Å². The second-order valence-corrected chi connectivity index (χ2v) is 26.0. The summed E-state index contributed by atoms with van der Waals surface area (Å²) >= 11 is 0. The van der Waals surface area contributed by atoms with Crippen molar-refractivity contribution in [3.05, 3.63) is 166 Å². The van der Waals surface area contributed by atoms with Gasteiger partial charge in [-0.05, 0) is 134 Å². The Morgan fingerprint density at radius 3 is 0.856 bits per heavy atom. The zero-order chi connectivity index (χ0) is 66.2. The topological polar surface area (TPSA) is 234 Å². The number of amides is 6. The lowest BCUT2D eigenvalue weighted by atomic mass is 9.80. The molecule has 0 saturated carbocycles. The lowest BCUT2D eigenvalue weighted by Crippen LogP contribution is -2.55. The molecule has 0 aliphatic carbocycles. The fourth-order valence-corrected chi connectivity index (χ4v) is 14.1. The van der Waals surface area contributed by atoms with Crippen molar-refractivity contribution in [2.45, 2.75) is 129 Å². The molecule has 6 unspecified atom stereocenters. The van der Waals surface area contributed by atoms with Crippen LogP contribution in [0.2, 0.25) is 0 Å². The van der Waals surface area contributed by atoms with Gasteiger partial charge in [0.05, 0.1) is 73.1 Å². The van der Waals surface area contributed by atoms with Gasteiger partial charge in [0.25, 0.3) is 23.6 Å². The second-order valence-electron chi connectivity index (χ2n) is 26.0. The third-order valence-corrected chi connectivity index (χ3v) is 19.3. The Morgan fingerprint density at radius 1 is 0.392 bits per heavy atom. The van der Waals surface area contributed by atoms with Gasteiger partial charge >= 0.3 is 0 Å². The fraction of sp³-hybridized carbons (Fsp3) is 0.359. The van der Waals surface area contributed by atoms with Gasteiger partial charge in [0.15, 0.2) is 0 Å². The summed E-state index contributed by atoms with van der Waals surface area (Å²) in [6, 6.07) is 34.7. The van der Waals surface area contributed by atoms with Crippen LogP contribution in [-0.4, -0.2) is 150 Å². The summed E-state index contributed by atoms with van der Waals surface area (Å²) in [4.78, 5) is 102. The van der Waals surface area contributed by atoms with Crippen LogP contribution in [-0.2, 0) is 54.2 Å². The van der Waals surface area contributed by atoms with E-state index >= 15 is 28.8 Å². The monoisotopic (exact) mass is 1310 g/mol. The molecule has 9 aromatic carbocycles. The van der Waals surface area contributed by atoms with Crippen LogP contribution in [0.25, 0.3) is 43.1 Å². The highest BCUT2D eigenvalue weighted by atomic mass is 16.6. The van der Waals surface area contributed by atoms with Crippen molar-refractivity contribution in [2.75, 3.05) is 52.6 Å². The lowest BCUT2D eigenvalue weighted by Gasteiger charge is -2.37. The molecule has 0 bridgehead atoms. The molecule has 0 radical (unpaired) electrons. The molecule has 19 nitrogen and oxygen atoms in total. The maximum absolute atomic E-state index is 16.4. The zero-order valence-corrected chi connectivity index (χ0v) is 55.3. The van der Waals surface area contributed by atoms with E-state index in [4.69, 9.17) is 37.9 Å². The predicted molar refractivity (Wildman–Crippen MR) is 365 cm³/mol. The van der Waals surface area contributed by atoms with Crippen molar-refractivity contribution >= 4 is 78.5 Å². The molecule has 6 aliphatic rings. The van der Waals surface area contributed by atoms with E-state index in [0.717, 1.165) is 32.1 Å². The van der Waals surface area contributed by atoms with Crippen LogP contribution in [0.15, 0.2) is 121 Å². The Kier molecular flexibility index (Phi) is 17.7. The van der Waals surface area contributed by atoms with Crippen molar-refractivity contribution < 1.29 is 72.1 Å². The Morgan fingerprint density at radius 2 is 0.639 bits per heavy atom. The number of aryl methyl sites for hydroxylation is 4. The minimum atomic E-state index is -1.24. The molecule has 4 fully saturated rings. The van der Waals surface area contributed by atoms with Gasteiger partial charge in [-0.1, -0.05) is 103 Å². The molecule has 6 amide bonds. The quantitative estimate of drug-likeness (QED) is 0.0192. The number of benzene rings is 9. The van der Waals surface area contributed by atoms with Crippen molar-refractivity contribution in [3.63, 3.8) is 0 Å². The molecule has 2 N–H and O–H groups in total. The van der Waals surface area contributed by atoms with Crippen LogP contribution in [0.1, 0.15) is 131 Å². The molecular weight excluding hydrogens is 1230 g/mol. The van der Waals surface area contributed by atoms with Crippen LogP contribution in [0.3, 0.4) is 0 Å². The third-order valence-electron chi connectivity index (χ3n) is 19.3. The lowest BCUT2D eigenvalue weighted by molar-refractivity contribution is -0.136. The smallest absolute Gasteiger partial charge is 0.262 e. The Labute approximate surface area is 561 Å². The maximum atomic E-state index is 16.4. The molecule has 6 aliphatic heterocycles. The van der Waals surface area contributed by atoms with Gasteiger partial charge in [-0.25, -0.2) is 0 Å². The molecule has 500 valence electrons. The number of hydrogen-bond acceptors (Lipinski definition) is 14. The molecule has 0 spiro atoms. The second kappa shape index (κ2) is 26.5. The van der Waals surface area contributed by atoms with Gasteiger partial charge in [-0.3, -0.25) is 38.6 Å². The average molecular weight is 1310 g/mol. The fourth-order valence-electron chi connectivity index (χ4n) is 14.1. The highest BCUT2D eigenvalue weighted by Gasteiger charge is 2.49. The maximum Gasteiger partial charge on any atom is 0.262 e. The Balaban J connectivity index is 0.00000807. The van der Waals surface area contributed by atoms with E-state index in [1.54, 1.807) is 34.1 Å². The zero-order valence-electron chi connectivity index (χ0n) is 55.3. The number of carbonyl (C=O) groups excluding carboxylic acids is 6. The first-order valence-corrected chi connectivity index (χ1v) is 34.0. The van der Waals surface area contributed by atoms with E-state index < -0.39 is 47.5 Å². The molecule has 4 saturated heterocycles. The molecule has 6 atom stereocenters. The SMILES string of the molecule is CCCC(C(=O)N(CC1CO1)CC1CO1)N1C(=O)c2cc(Oc3cccc(CC)c3)c3c4c(Oc5cccc(CC)c5)cc5c6c(cc(Oc7cccc(CC)c7)c(c7c(Oc8cccc(CC)c8)cc(c2c37)C1=O)c64)C(=O)N(C(CCC)C(=O)N(CC1CO1)CC1CO1)C5=O.O. The number of epoxide rings is 4. The summed E-state index contributed by atoms with van der Waals surface area (Å²) in [5.74, 6) is -1.34. The largest absolute Gasteiger partial charge is 0.457 e. The van der Waals surface area contributed by atoms with E-state index in [1.807, 2.05) is 139 Å². The standard InChI is InChI=1S/C78H76N4O14.H2O/c1-7-17-59(77(87)79(35-51-39-89-51)36-52-40-90-52)81-73(83)55-31-61(93-47-23-13-19-43(9-3)27-47)67-69-63(95-49-25-15-21-45(11-5)29-49)33-57-66-58(76(86)82(75(57)85)60(18-8-2)78(88)80(37-53-41-91-53)38-54-42-92-54)34-64(96-50-26-16-22-46(12-6)30-50)70(72(66)69)68-62(32-56(74(81)84)65(55)71(67)68)94-48-24-14-20-44(10-4)28-48;/h13-16,19-34,51-54,59-60H,7-12,17-18,35-42H2,1-6H3;1H2. The van der Waals surface area contributed by atoms with Crippen LogP contribution >= 0.6 is 0 Å². The number of rotatable bonds is 28. The summed E-state index contributed by atoms with van der Waals surface area (Å²) in [6.07, 6.45) is 3.14. The molecule has 97 heavy (non-hydrogen) atoms. The number of carbonyl (C=O) groups is 6. The van der Waals surface area contributed by atoms with Gasteiger partial charge < -0.3 is 53.2 Å². The van der Waals surface area contributed by atoms with Crippen LogP contribution in [0.4, 0.5) is 0 Å². The van der Waals surface area contributed by atoms with Crippen molar-refractivity contribution in [2.24, 2.45) is 0 Å². The van der Waals surface area contributed by atoms with Crippen LogP contribution < -0.4 is 18.9 Å². The summed E-state index contributed by atoms with van der Waals surface area (Å²) in [6.45, 7) is 15.0. The summed E-state index contributed by atoms with van der Waals surface area (Å²) in [5.41, 5.74) is 4.18. The first-order valence-electron chi connectivity index (χ1n) is 34.0. The van der Waals surface area contributed by atoms with Crippen molar-refractivity contribution in [1.29, 1.82) is 0 Å². The van der Waals surface area contributed by atoms with Gasteiger partial charge in [0.2, 0.25) is 11.8 Å². The van der Waals surface area contributed by atoms with E-state index in [-0.39, 0.29) is 125 Å². The minimum absolute atomic E-state index is 0. The normalized spacial score (nSPS) is 18.7. The molecule has 19 heteroatoms. The van der Waals surface area contributed by atoms with E-state index in [0.29, 0.717) is 120 Å². The molecule has 0 aromatic heterocycles. The number of ether oxygens (including phenoxy) is 8. The number of hydrogen-bond donors (Lipinski definition) is 0. The molecule has 6 heterocycles. The van der Waals surface area contributed by atoms with Gasteiger partial charge in [-0.15, -0.1) is 0 Å². The molecule has 15 rings (SSSR count). The summed E-state index contributed by atoms with van der Waals surface area (Å²) < 4.78 is 51.9. The highest BCUT2D eigenvalue weighted by molar-refractivity contribution is 6.45. The predicted octanol–water partition coefficient (Wildman–Crippen LogP) is 13.1. The van der Waals surface area contributed by atoms with E-state index in [9.17, 15) is 0 Å². The summed E-state index contributed by atoms with van der Waals surface area (Å²) in [5, 5.41) is 2.63. The Hall–Kier alpha value is -9.50. The number of nitrogens with zero attached hydrogens (tertiary/aromatic N) is 4. The Bertz CT molecular complexity index is 4100. The van der Waals surface area contributed by atoms with Gasteiger partial charge in [0, 0.05) is 69.3 Å². The van der Waals surface area contributed by atoms with Crippen LogP contribution in [0, 0.1) is 0 Å². The van der Waals surface area contributed by atoms with Crippen molar-refractivity contribution in [3.8, 4) is 46.0 Å². The van der Waals surface area contributed by atoms with Crippen molar-refractivity contribution in [1.82, 2.24) is 19.6 Å². The van der Waals surface area contributed by atoms with E-state index in [2.05, 4.69) is 0 Å². The molecule has 9 aromatic rings. The van der Waals surface area contributed by atoms with E-state index in [1.165, 1.54) is 0 Å². The first-order chi connectivity index (χ1) is 46.8.